The van der Waals surface area contributed by atoms with E-state index >= 15 is 0 Å². The van der Waals surface area contributed by atoms with E-state index in [1.807, 2.05) is 38.1 Å². The molecular weight excluding hydrogens is 242 g/mol. The van der Waals surface area contributed by atoms with Crippen molar-refractivity contribution in [3.8, 4) is 11.5 Å². The summed E-state index contributed by atoms with van der Waals surface area (Å²) < 4.78 is 5.45. The molecule has 0 spiro atoms. The van der Waals surface area contributed by atoms with Gasteiger partial charge in [0.1, 0.15) is 0 Å². The Morgan fingerprint density at radius 3 is 2.68 bits per heavy atom. The summed E-state index contributed by atoms with van der Waals surface area (Å²) in [4.78, 5) is 15.5. The van der Waals surface area contributed by atoms with Crippen LogP contribution in [0.15, 0.2) is 28.7 Å². The topological polar surface area (TPSA) is 63.3 Å². The van der Waals surface area contributed by atoms with Crippen LogP contribution in [0.25, 0.3) is 11.5 Å². The lowest BCUT2D eigenvalue weighted by molar-refractivity contribution is 0.0661. The van der Waals surface area contributed by atoms with Gasteiger partial charge in [0.2, 0.25) is 11.7 Å². The summed E-state index contributed by atoms with van der Waals surface area (Å²) in [5, 5.41) is 9.15. The second-order valence-electron chi connectivity index (χ2n) is 4.36. The first-order valence-corrected chi connectivity index (χ1v) is 6.48. The van der Waals surface area contributed by atoms with Crippen LogP contribution in [0.4, 0.5) is 0 Å². The lowest BCUT2D eigenvalue weighted by Gasteiger charge is -2.02. The number of hydrogen-bond acceptors (Lipinski definition) is 3. The van der Waals surface area contributed by atoms with E-state index in [-0.39, 0.29) is 5.76 Å². The summed E-state index contributed by atoms with van der Waals surface area (Å²) in [6.07, 6.45) is 2.30. The molecule has 4 nitrogen and oxygen atoms in total. The van der Waals surface area contributed by atoms with E-state index in [4.69, 9.17) is 9.52 Å². The predicted molar refractivity (Wildman–Crippen MR) is 72.3 cm³/mol. The summed E-state index contributed by atoms with van der Waals surface area (Å²) in [7, 11) is 0. The standard InChI is InChI=1S/C15H17NO3/c1-3-7-12-13(15(17)18)19-14(16-12)11-9-6-5-8-10(11)4-2/h5-6,8-9H,3-4,7H2,1-2H3,(H,17,18). The molecule has 0 bridgehead atoms. The van der Waals surface area contributed by atoms with Crippen LogP contribution in [0.2, 0.25) is 0 Å². The minimum atomic E-state index is -1.06. The molecule has 0 aliphatic carbocycles. The summed E-state index contributed by atoms with van der Waals surface area (Å²) in [5.41, 5.74) is 2.49. The lowest BCUT2D eigenvalue weighted by Crippen LogP contribution is -1.99. The minimum absolute atomic E-state index is 0.0391. The van der Waals surface area contributed by atoms with Crippen molar-refractivity contribution in [2.24, 2.45) is 0 Å². The molecule has 0 unspecified atom stereocenters. The van der Waals surface area contributed by atoms with Gasteiger partial charge in [0.15, 0.2) is 0 Å². The van der Waals surface area contributed by atoms with Crippen LogP contribution in [-0.4, -0.2) is 16.1 Å². The van der Waals surface area contributed by atoms with Crippen LogP contribution in [0.5, 0.6) is 0 Å². The van der Waals surface area contributed by atoms with E-state index in [9.17, 15) is 4.79 Å². The molecule has 0 aliphatic rings. The molecule has 2 aromatic rings. The van der Waals surface area contributed by atoms with Crippen molar-refractivity contribution in [1.29, 1.82) is 0 Å². The van der Waals surface area contributed by atoms with Gasteiger partial charge in [0.05, 0.1) is 5.69 Å². The molecule has 2 rings (SSSR count). The van der Waals surface area contributed by atoms with E-state index in [2.05, 4.69) is 4.98 Å². The Bertz CT molecular complexity index is 587. The maximum Gasteiger partial charge on any atom is 0.373 e. The molecule has 0 amide bonds. The van der Waals surface area contributed by atoms with Crippen molar-refractivity contribution in [3.05, 3.63) is 41.3 Å². The Morgan fingerprint density at radius 2 is 2.05 bits per heavy atom. The van der Waals surface area contributed by atoms with E-state index in [1.54, 1.807) is 0 Å². The summed E-state index contributed by atoms with van der Waals surface area (Å²) >= 11 is 0. The highest BCUT2D eigenvalue weighted by molar-refractivity contribution is 5.86. The molecule has 0 radical (unpaired) electrons. The minimum Gasteiger partial charge on any atom is -0.475 e. The number of nitrogens with zero attached hydrogens (tertiary/aromatic N) is 1. The van der Waals surface area contributed by atoms with Gasteiger partial charge in [0, 0.05) is 5.56 Å². The lowest BCUT2D eigenvalue weighted by atomic mass is 10.1. The number of aromatic nitrogens is 1. The molecule has 1 heterocycles. The van der Waals surface area contributed by atoms with Gasteiger partial charge < -0.3 is 9.52 Å². The van der Waals surface area contributed by atoms with Gasteiger partial charge in [-0.25, -0.2) is 9.78 Å². The van der Waals surface area contributed by atoms with Gasteiger partial charge >= 0.3 is 5.97 Å². The average molecular weight is 259 g/mol. The first-order chi connectivity index (χ1) is 9.17. The molecule has 19 heavy (non-hydrogen) atoms. The smallest absolute Gasteiger partial charge is 0.373 e. The van der Waals surface area contributed by atoms with Crippen molar-refractivity contribution < 1.29 is 14.3 Å². The van der Waals surface area contributed by atoms with Crippen molar-refractivity contribution in [2.75, 3.05) is 0 Å². The SMILES string of the molecule is CCCc1nc(-c2ccccc2CC)oc1C(=O)O. The normalized spacial score (nSPS) is 10.6. The van der Waals surface area contributed by atoms with Crippen molar-refractivity contribution >= 4 is 5.97 Å². The largest absolute Gasteiger partial charge is 0.475 e. The quantitative estimate of drug-likeness (QED) is 0.891. The number of carboxylic acid groups (broad SMARTS) is 1. The second kappa shape index (κ2) is 5.69. The molecule has 0 saturated heterocycles. The number of carboxylic acids is 1. The number of hydrogen-bond donors (Lipinski definition) is 1. The monoisotopic (exact) mass is 259 g/mol. The third-order valence-corrected chi connectivity index (χ3v) is 3.01. The number of oxazole rings is 1. The zero-order valence-electron chi connectivity index (χ0n) is 11.1. The van der Waals surface area contributed by atoms with Crippen LogP contribution >= 0.6 is 0 Å². The summed E-state index contributed by atoms with van der Waals surface area (Å²) in [5.74, 6) is -0.697. The average Bonchev–Trinajstić information content (AvgIpc) is 2.83. The molecule has 1 aromatic heterocycles. The molecule has 4 heteroatoms. The zero-order valence-corrected chi connectivity index (χ0v) is 11.1. The maximum absolute atomic E-state index is 11.2. The fourth-order valence-corrected chi connectivity index (χ4v) is 2.08. The number of rotatable bonds is 5. The third kappa shape index (κ3) is 2.67. The molecule has 1 N–H and O–H groups in total. The Morgan fingerprint density at radius 1 is 1.32 bits per heavy atom. The number of aromatic carboxylic acids is 1. The fourth-order valence-electron chi connectivity index (χ4n) is 2.08. The van der Waals surface area contributed by atoms with Gasteiger partial charge in [0.25, 0.3) is 0 Å². The molecular formula is C15H17NO3. The van der Waals surface area contributed by atoms with Crippen LogP contribution in [-0.2, 0) is 12.8 Å². The molecule has 100 valence electrons. The predicted octanol–water partition coefficient (Wildman–Crippen LogP) is 3.55. The van der Waals surface area contributed by atoms with E-state index in [1.165, 1.54) is 0 Å². The summed E-state index contributed by atoms with van der Waals surface area (Å²) in [6, 6.07) is 7.76. The Balaban J connectivity index is 2.51. The number of carbonyl (C=O) groups is 1. The number of aryl methyl sites for hydroxylation is 2. The van der Waals surface area contributed by atoms with Crippen LogP contribution in [0, 0.1) is 0 Å². The van der Waals surface area contributed by atoms with Gasteiger partial charge in [-0.15, -0.1) is 0 Å². The van der Waals surface area contributed by atoms with E-state index in [0.29, 0.717) is 18.0 Å². The van der Waals surface area contributed by atoms with Gasteiger partial charge in [-0.3, -0.25) is 0 Å². The number of benzene rings is 1. The maximum atomic E-state index is 11.2. The molecule has 0 aliphatic heterocycles. The highest BCUT2D eigenvalue weighted by Gasteiger charge is 2.20. The first kappa shape index (κ1) is 13.3. The van der Waals surface area contributed by atoms with E-state index < -0.39 is 5.97 Å². The molecule has 0 saturated carbocycles. The van der Waals surface area contributed by atoms with Gasteiger partial charge in [-0.1, -0.05) is 38.5 Å². The van der Waals surface area contributed by atoms with Gasteiger partial charge in [-0.2, -0.15) is 0 Å². The summed E-state index contributed by atoms with van der Waals surface area (Å²) in [6.45, 7) is 4.03. The highest BCUT2D eigenvalue weighted by atomic mass is 16.4. The van der Waals surface area contributed by atoms with Crippen molar-refractivity contribution in [1.82, 2.24) is 4.98 Å². The van der Waals surface area contributed by atoms with Crippen LogP contribution in [0.3, 0.4) is 0 Å². The molecule has 0 fully saturated rings. The second-order valence-corrected chi connectivity index (χ2v) is 4.36. The first-order valence-electron chi connectivity index (χ1n) is 6.48. The van der Waals surface area contributed by atoms with Crippen molar-refractivity contribution in [3.63, 3.8) is 0 Å². The Hall–Kier alpha value is -2.10. The Kier molecular flexibility index (Phi) is 4.00. The molecule has 1 aromatic carbocycles. The molecule has 0 atom stereocenters. The van der Waals surface area contributed by atoms with Gasteiger partial charge in [-0.05, 0) is 24.5 Å². The van der Waals surface area contributed by atoms with E-state index in [0.717, 1.165) is 24.0 Å². The van der Waals surface area contributed by atoms with Crippen LogP contribution < -0.4 is 0 Å². The van der Waals surface area contributed by atoms with Crippen molar-refractivity contribution in [2.45, 2.75) is 33.1 Å². The van der Waals surface area contributed by atoms with Crippen LogP contribution in [0.1, 0.15) is 42.1 Å². The Labute approximate surface area is 112 Å². The fraction of sp³-hybridized carbons (Fsp3) is 0.333. The third-order valence-electron chi connectivity index (χ3n) is 3.01. The highest BCUT2D eigenvalue weighted by Crippen LogP contribution is 2.26. The zero-order chi connectivity index (χ0) is 13.8.